The molecule has 0 radical (unpaired) electrons. The van der Waals surface area contributed by atoms with Gasteiger partial charge in [0.05, 0.1) is 23.4 Å². The normalized spacial score (nSPS) is 15.1. The topological polar surface area (TPSA) is 79.7 Å². The molecule has 0 amide bonds. The Balaban J connectivity index is 2.05. The van der Waals surface area contributed by atoms with Gasteiger partial charge in [-0.1, -0.05) is 12.1 Å². The van der Waals surface area contributed by atoms with Crippen molar-refractivity contribution < 1.29 is 37.0 Å². The Hall–Kier alpha value is -3.40. The molecule has 3 aromatic rings. The second-order valence-corrected chi connectivity index (χ2v) is 10.3. The molecule has 0 aliphatic carbocycles. The molecule has 0 N–H and O–H groups in total. The first-order chi connectivity index (χ1) is 17.8. The van der Waals surface area contributed by atoms with Crippen molar-refractivity contribution in [2.45, 2.75) is 65.2 Å². The summed E-state index contributed by atoms with van der Waals surface area (Å²) in [6, 6.07) is 7.87. The number of halogens is 3. The lowest BCUT2D eigenvalue weighted by Gasteiger charge is -2.26. The fourth-order valence-corrected chi connectivity index (χ4v) is 4.74. The quantitative estimate of drug-likeness (QED) is 0.341. The van der Waals surface area contributed by atoms with Crippen LogP contribution in [0.15, 0.2) is 30.3 Å². The fraction of sp³-hybridized carbons (Fsp3) is 0.464. The molecule has 204 valence electrons. The van der Waals surface area contributed by atoms with E-state index in [0.717, 1.165) is 11.6 Å². The molecule has 0 unspecified atom stereocenters. The molecule has 1 aliphatic rings. The molecule has 7 nitrogen and oxygen atoms in total. The Morgan fingerprint density at radius 3 is 2.39 bits per heavy atom. The van der Waals surface area contributed by atoms with E-state index in [4.69, 9.17) is 14.2 Å². The molecule has 3 heterocycles. The van der Waals surface area contributed by atoms with Crippen LogP contribution in [-0.2, 0) is 20.4 Å². The van der Waals surface area contributed by atoms with E-state index in [1.165, 1.54) is 17.6 Å². The number of rotatable bonds is 4. The molecular weight excluding hydrogens is 501 g/mol. The molecule has 1 fully saturated rings. The number of nitrogens with zero attached hydrogens (tertiary/aromatic N) is 2. The summed E-state index contributed by atoms with van der Waals surface area (Å²) in [5.41, 5.74) is -0.492. The van der Waals surface area contributed by atoms with E-state index in [1.54, 1.807) is 26.8 Å². The first kappa shape index (κ1) is 27.6. The first-order valence-electron chi connectivity index (χ1n) is 12.5. The highest BCUT2D eigenvalue weighted by Crippen LogP contribution is 2.43. The average molecular weight is 533 g/mol. The van der Waals surface area contributed by atoms with Crippen LogP contribution in [0, 0.1) is 6.92 Å². The molecule has 1 aliphatic heterocycles. The number of carbonyl (C=O) groups is 2. The van der Waals surface area contributed by atoms with Gasteiger partial charge in [0.1, 0.15) is 5.60 Å². The summed E-state index contributed by atoms with van der Waals surface area (Å²) >= 11 is 0. The van der Waals surface area contributed by atoms with Crippen molar-refractivity contribution in [1.82, 2.24) is 9.55 Å². The van der Waals surface area contributed by atoms with Crippen molar-refractivity contribution in [3.63, 3.8) is 0 Å². The zero-order valence-electron chi connectivity index (χ0n) is 22.1. The van der Waals surface area contributed by atoms with Gasteiger partial charge in [0, 0.05) is 35.8 Å². The zero-order valence-corrected chi connectivity index (χ0v) is 22.1. The molecule has 0 spiro atoms. The number of fused-ring (bicyclic) bond motifs is 1. The van der Waals surface area contributed by atoms with Crippen LogP contribution in [0.2, 0.25) is 0 Å². The Morgan fingerprint density at radius 1 is 1.11 bits per heavy atom. The molecule has 10 heteroatoms. The minimum Gasteiger partial charge on any atom is -0.462 e. The monoisotopic (exact) mass is 532 g/mol. The van der Waals surface area contributed by atoms with Crippen LogP contribution in [-0.4, -0.2) is 47.0 Å². The van der Waals surface area contributed by atoms with Crippen molar-refractivity contribution in [3.8, 4) is 11.3 Å². The number of carbonyl (C=O) groups excluding carboxylic acids is 2. The highest BCUT2D eigenvalue weighted by atomic mass is 19.4. The Labute approximate surface area is 218 Å². The number of pyridine rings is 1. The summed E-state index contributed by atoms with van der Waals surface area (Å²) in [5.74, 6) is -1.30. The summed E-state index contributed by atoms with van der Waals surface area (Å²) in [7, 11) is 0. The lowest BCUT2D eigenvalue weighted by molar-refractivity contribution is -0.141. The molecular formula is C28H31F3N2O5. The molecule has 1 aromatic carbocycles. The molecule has 2 aromatic heterocycles. The van der Waals surface area contributed by atoms with E-state index in [1.807, 2.05) is 19.1 Å². The number of hydrogen-bond acceptors (Lipinski definition) is 6. The van der Waals surface area contributed by atoms with Gasteiger partial charge in [-0.2, -0.15) is 13.2 Å². The lowest BCUT2D eigenvalue weighted by atomic mass is 9.91. The van der Waals surface area contributed by atoms with Gasteiger partial charge in [0.15, 0.2) is 5.69 Å². The van der Waals surface area contributed by atoms with Gasteiger partial charge < -0.3 is 14.2 Å². The zero-order chi connectivity index (χ0) is 27.8. The molecule has 0 saturated carbocycles. The lowest BCUT2D eigenvalue weighted by Crippen LogP contribution is -2.29. The van der Waals surface area contributed by atoms with Gasteiger partial charge in [-0.25, -0.2) is 19.1 Å². The Kier molecular flexibility index (Phi) is 7.56. The van der Waals surface area contributed by atoms with E-state index >= 15 is 0 Å². The third-order valence-corrected chi connectivity index (χ3v) is 6.26. The summed E-state index contributed by atoms with van der Waals surface area (Å²) in [6.07, 6.45) is -4.40. The molecule has 0 bridgehead atoms. The van der Waals surface area contributed by atoms with Gasteiger partial charge in [0.25, 0.3) is 0 Å². The number of benzene rings is 1. The van der Waals surface area contributed by atoms with Crippen LogP contribution in [0.25, 0.3) is 22.2 Å². The number of alkyl halides is 3. The molecule has 38 heavy (non-hydrogen) atoms. The van der Waals surface area contributed by atoms with Crippen LogP contribution in [0.4, 0.5) is 18.0 Å². The van der Waals surface area contributed by atoms with E-state index in [-0.39, 0.29) is 18.2 Å². The SMILES string of the molecule is CCOC(=O)c1ccc(-c2c(C3CCOCC3)n(C(=O)OC(C)(C)C)c3cc(C)ccc23)nc1C(F)(F)F. The second kappa shape index (κ2) is 10.4. The number of hydrogen-bond donors (Lipinski definition) is 0. The molecule has 1 saturated heterocycles. The maximum absolute atomic E-state index is 14.1. The maximum Gasteiger partial charge on any atom is 0.434 e. The van der Waals surface area contributed by atoms with Gasteiger partial charge in [-0.15, -0.1) is 0 Å². The second-order valence-electron chi connectivity index (χ2n) is 10.3. The van der Waals surface area contributed by atoms with E-state index in [2.05, 4.69) is 4.98 Å². The number of aryl methyl sites for hydroxylation is 1. The van der Waals surface area contributed by atoms with Gasteiger partial charge in [-0.05, 0) is 71.2 Å². The summed E-state index contributed by atoms with van der Waals surface area (Å²) in [6.45, 7) is 9.46. The van der Waals surface area contributed by atoms with E-state index in [0.29, 0.717) is 48.2 Å². The van der Waals surface area contributed by atoms with Crippen molar-refractivity contribution in [3.05, 3.63) is 52.8 Å². The third-order valence-electron chi connectivity index (χ3n) is 6.26. The fourth-order valence-electron chi connectivity index (χ4n) is 4.74. The maximum atomic E-state index is 14.1. The predicted octanol–water partition coefficient (Wildman–Crippen LogP) is 6.88. The third kappa shape index (κ3) is 5.55. The number of esters is 1. The Bertz CT molecular complexity index is 1370. The van der Waals surface area contributed by atoms with Gasteiger partial charge in [-0.3, -0.25) is 0 Å². The highest BCUT2D eigenvalue weighted by Gasteiger charge is 2.39. The first-order valence-corrected chi connectivity index (χ1v) is 12.5. The van der Waals surface area contributed by atoms with Gasteiger partial charge >= 0.3 is 18.2 Å². The number of aromatic nitrogens is 2. The predicted molar refractivity (Wildman–Crippen MR) is 135 cm³/mol. The van der Waals surface area contributed by atoms with Crippen LogP contribution in [0.3, 0.4) is 0 Å². The van der Waals surface area contributed by atoms with Crippen LogP contribution >= 0.6 is 0 Å². The summed E-state index contributed by atoms with van der Waals surface area (Å²) in [4.78, 5) is 29.9. The van der Waals surface area contributed by atoms with E-state index in [9.17, 15) is 22.8 Å². The minimum atomic E-state index is -4.91. The molecule has 4 rings (SSSR count). The number of ether oxygens (including phenoxy) is 3. The summed E-state index contributed by atoms with van der Waals surface area (Å²) < 4.78 is 59.9. The van der Waals surface area contributed by atoms with Crippen molar-refractivity contribution in [2.75, 3.05) is 19.8 Å². The average Bonchev–Trinajstić information content (AvgIpc) is 3.17. The smallest absolute Gasteiger partial charge is 0.434 e. The standard InChI is InChI=1S/C28H31F3N2O5/c1-6-37-25(34)19-9-10-20(32-24(19)28(29,30)31)22-18-8-7-16(2)15-21(18)33(26(35)38-27(3,4)5)23(22)17-11-13-36-14-12-17/h7-10,15,17H,6,11-14H2,1-5H3. The van der Waals surface area contributed by atoms with E-state index < -0.39 is 35.1 Å². The summed E-state index contributed by atoms with van der Waals surface area (Å²) in [5, 5.41) is 0.562. The van der Waals surface area contributed by atoms with Crippen LogP contribution in [0.5, 0.6) is 0 Å². The minimum absolute atomic E-state index is 0.00280. The molecule has 0 atom stereocenters. The largest absolute Gasteiger partial charge is 0.462 e. The van der Waals surface area contributed by atoms with Crippen molar-refractivity contribution in [1.29, 1.82) is 0 Å². The van der Waals surface area contributed by atoms with Crippen molar-refractivity contribution >= 4 is 23.0 Å². The van der Waals surface area contributed by atoms with Gasteiger partial charge in [0.2, 0.25) is 0 Å². The highest BCUT2D eigenvalue weighted by molar-refractivity contribution is 6.03. The Morgan fingerprint density at radius 2 is 1.79 bits per heavy atom. The van der Waals surface area contributed by atoms with Crippen molar-refractivity contribution in [2.24, 2.45) is 0 Å². The van der Waals surface area contributed by atoms with Crippen LogP contribution < -0.4 is 0 Å². The van der Waals surface area contributed by atoms with Crippen LogP contribution in [0.1, 0.15) is 73.8 Å².